The first-order valence-electron chi connectivity index (χ1n) is 9.05. The molecule has 3 rings (SSSR count). The standard InChI is InChI=1S/C21H27BO5/c1-20(2)21(3,4)27-22(26-20)16-12-17(23-5)19(18(13-16)24-6)25-14-15-10-8-7-9-11-15/h7-13H,14H2,1-6H3. The van der Waals surface area contributed by atoms with Gasteiger partial charge in [0.1, 0.15) is 6.61 Å². The number of rotatable bonds is 6. The van der Waals surface area contributed by atoms with Crippen molar-refractivity contribution in [3.8, 4) is 17.2 Å². The maximum atomic E-state index is 6.14. The Hall–Kier alpha value is -2.18. The molecule has 1 aliphatic rings. The van der Waals surface area contributed by atoms with Crippen LogP contribution in [0.15, 0.2) is 42.5 Å². The summed E-state index contributed by atoms with van der Waals surface area (Å²) in [6, 6.07) is 13.7. The zero-order valence-corrected chi connectivity index (χ0v) is 16.9. The van der Waals surface area contributed by atoms with E-state index in [0.29, 0.717) is 23.9 Å². The summed E-state index contributed by atoms with van der Waals surface area (Å²) in [4.78, 5) is 0. The molecule has 0 aliphatic carbocycles. The summed E-state index contributed by atoms with van der Waals surface area (Å²) in [5.74, 6) is 1.72. The van der Waals surface area contributed by atoms with Gasteiger partial charge in [0.25, 0.3) is 0 Å². The van der Waals surface area contributed by atoms with Crippen LogP contribution in [0.2, 0.25) is 0 Å². The van der Waals surface area contributed by atoms with Gasteiger partial charge in [-0.15, -0.1) is 0 Å². The van der Waals surface area contributed by atoms with Crippen molar-refractivity contribution in [3.63, 3.8) is 0 Å². The smallest absolute Gasteiger partial charge is 0.493 e. The van der Waals surface area contributed by atoms with Gasteiger partial charge in [-0.3, -0.25) is 0 Å². The molecule has 0 bridgehead atoms. The third-order valence-electron chi connectivity index (χ3n) is 5.23. The van der Waals surface area contributed by atoms with Gasteiger partial charge in [0.2, 0.25) is 5.75 Å². The molecule has 0 unspecified atom stereocenters. The van der Waals surface area contributed by atoms with Gasteiger partial charge in [-0.25, -0.2) is 0 Å². The van der Waals surface area contributed by atoms with E-state index in [9.17, 15) is 0 Å². The Morgan fingerprint density at radius 3 is 1.85 bits per heavy atom. The summed E-state index contributed by atoms with van der Waals surface area (Å²) in [5.41, 5.74) is 1.06. The maximum absolute atomic E-state index is 6.14. The van der Waals surface area contributed by atoms with Gasteiger partial charge in [-0.1, -0.05) is 30.3 Å². The molecule has 0 amide bonds. The molecule has 2 aromatic rings. The summed E-state index contributed by atoms with van der Waals surface area (Å²) >= 11 is 0. The van der Waals surface area contributed by atoms with Crippen LogP contribution in [0.5, 0.6) is 17.2 Å². The number of methoxy groups -OCH3 is 2. The van der Waals surface area contributed by atoms with Crippen LogP contribution in [-0.4, -0.2) is 32.5 Å². The lowest BCUT2D eigenvalue weighted by molar-refractivity contribution is 0.00578. The lowest BCUT2D eigenvalue weighted by Crippen LogP contribution is -2.41. The Labute approximate surface area is 161 Å². The number of benzene rings is 2. The van der Waals surface area contributed by atoms with Gasteiger partial charge in [-0.05, 0) is 50.9 Å². The van der Waals surface area contributed by atoms with Gasteiger partial charge in [-0.2, -0.15) is 0 Å². The molecule has 0 spiro atoms. The van der Waals surface area contributed by atoms with Crippen LogP contribution in [0.3, 0.4) is 0 Å². The van der Waals surface area contributed by atoms with Gasteiger partial charge < -0.3 is 23.5 Å². The largest absolute Gasteiger partial charge is 0.495 e. The van der Waals surface area contributed by atoms with Crippen LogP contribution in [0, 0.1) is 0 Å². The highest BCUT2D eigenvalue weighted by atomic mass is 16.7. The molecular weight excluding hydrogens is 343 g/mol. The Morgan fingerprint density at radius 2 is 1.37 bits per heavy atom. The van der Waals surface area contributed by atoms with Crippen molar-refractivity contribution >= 4 is 12.6 Å². The predicted molar refractivity (Wildman–Crippen MR) is 106 cm³/mol. The average molecular weight is 370 g/mol. The zero-order valence-electron chi connectivity index (χ0n) is 16.9. The molecule has 0 aromatic heterocycles. The van der Waals surface area contributed by atoms with Crippen LogP contribution < -0.4 is 19.7 Å². The monoisotopic (exact) mass is 370 g/mol. The van der Waals surface area contributed by atoms with Crippen molar-refractivity contribution in [1.82, 2.24) is 0 Å². The van der Waals surface area contributed by atoms with Crippen molar-refractivity contribution in [3.05, 3.63) is 48.0 Å². The molecule has 27 heavy (non-hydrogen) atoms. The van der Waals surface area contributed by atoms with E-state index in [-0.39, 0.29) is 0 Å². The molecule has 5 nitrogen and oxygen atoms in total. The maximum Gasteiger partial charge on any atom is 0.495 e. The van der Waals surface area contributed by atoms with Crippen molar-refractivity contribution in [2.45, 2.75) is 45.5 Å². The fourth-order valence-electron chi connectivity index (χ4n) is 2.89. The molecule has 0 N–H and O–H groups in total. The number of hydrogen-bond donors (Lipinski definition) is 0. The SMILES string of the molecule is COc1cc(B2OC(C)(C)C(C)(C)O2)cc(OC)c1OCc1ccccc1. The molecule has 144 valence electrons. The lowest BCUT2D eigenvalue weighted by atomic mass is 9.78. The minimum atomic E-state index is -0.499. The van der Waals surface area contributed by atoms with E-state index >= 15 is 0 Å². The first kappa shape index (κ1) is 19.6. The molecule has 0 saturated carbocycles. The molecule has 6 heteroatoms. The topological polar surface area (TPSA) is 46.2 Å². The van der Waals surface area contributed by atoms with Crippen LogP contribution in [0.4, 0.5) is 0 Å². The molecule has 2 aromatic carbocycles. The van der Waals surface area contributed by atoms with Gasteiger partial charge >= 0.3 is 7.12 Å². The van der Waals surface area contributed by atoms with Crippen LogP contribution >= 0.6 is 0 Å². The summed E-state index contributed by atoms with van der Waals surface area (Å²) in [5, 5.41) is 0. The lowest BCUT2D eigenvalue weighted by Gasteiger charge is -2.32. The van der Waals surface area contributed by atoms with Crippen LogP contribution in [-0.2, 0) is 15.9 Å². The zero-order chi connectivity index (χ0) is 19.7. The van der Waals surface area contributed by atoms with E-state index in [0.717, 1.165) is 11.0 Å². The molecule has 1 saturated heterocycles. The Kier molecular flexibility index (Phi) is 5.40. The van der Waals surface area contributed by atoms with E-state index in [2.05, 4.69) is 0 Å². The van der Waals surface area contributed by atoms with E-state index < -0.39 is 18.3 Å². The van der Waals surface area contributed by atoms with Gasteiger partial charge in [0.05, 0.1) is 25.4 Å². The highest BCUT2D eigenvalue weighted by Crippen LogP contribution is 2.40. The average Bonchev–Trinajstić information content (AvgIpc) is 2.87. The van der Waals surface area contributed by atoms with E-state index in [1.54, 1.807) is 14.2 Å². The minimum Gasteiger partial charge on any atom is -0.493 e. The third kappa shape index (κ3) is 3.92. The third-order valence-corrected chi connectivity index (χ3v) is 5.23. The normalized spacial score (nSPS) is 17.6. The van der Waals surface area contributed by atoms with Crippen molar-refractivity contribution in [1.29, 1.82) is 0 Å². The number of hydrogen-bond acceptors (Lipinski definition) is 5. The Morgan fingerprint density at radius 1 is 0.852 bits per heavy atom. The van der Waals surface area contributed by atoms with Crippen molar-refractivity contribution in [2.75, 3.05) is 14.2 Å². The molecule has 0 atom stereocenters. The first-order valence-corrected chi connectivity index (χ1v) is 9.05. The number of ether oxygens (including phenoxy) is 3. The fraction of sp³-hybridized carbons (Fsp3) is 0.429. The molecule has 0 radical (unpaired) electrons. The van der Waals surface area contributed by atoms with Gasteiger partial charge in [0, 0.05) is 0 Å². The second kappa shape index (κ2) is 7.45. The van der Waals surface area contributed by atoms with Gasteiger partial charge in [0.15, 0.2) is 11.5 Å². The second-order valence-corrected chi connectivity index (χ2v) is 7.62. The minimum absolute atomic E-state index is 0.416. The Bertz CT molecular complexity index is 747. The summed E-state index contributed by atoms with van der Waals surface area (Å²) in [6.45, 7) is 8.53. The van der Waals surface area contributed by atoms with Crippen LogP contribution in [0.25, 0.3) is 0 Å². The second-order valence-electron chi connectivity index (χ2n) is 7.62. The first-order chi connectivity index (χ1) is 12.8. The van der Waals surface area contributed by atoms with E-state index in [1.165, 1.54) is 0 Å². The highest BCUT2D eigenvalue weighted by Gasteiger charge is 2.52. The summed E-state index contributed by atoms with van der Waals surface area (Å²) < 4.78 is 29.4. The molecule has 1 aliphatic heterocycles. The summed E-state index contributed by atoms with van der Waals surface area (Å²) in [6.07, 6.45) is 0. The quantitative estimate of drug-likeness (QED) is 0.728. The molecular formula is C21H27BO5. The van der Waals surface area contributed by atoms with E-state index in [1.807, 2.05) is 70.2 Å². The fourth-order valence-corrected chi connectivity index (χ4v) is 2.89. The van der Waals surface area contributed by atoms with Crippen molar-refractivity contribution in [2.24, 2.45) is 0 Å². The molecule has 1 heterocycles. The molecule has 1 fully saturated rings. The van der Waals surface area contributed by atoms with Crippen molar-refractivity contribution < 1.29 is 23.5 Å². The predicted octanol–water partition coefficient (Wildman–Crippen LogP) is 3.58. The van der Waals surface area contributed by atoms with Crippen LogP contribution in [0.1, 0.15) is 33.3 Å². The summed E-state index contributed by atoms with van der Waals surface area (Å²) in [7, 11) is 2.72. The highest BCUT2D eigenvalue weighted by molar-refractivity contribution is 6.62. The van der Waals surface area contributed by atoms with E-state index in [4.69, 9.17) is 23.5 Å². The Balaban J connectivity index is 1.89.